The van der Waals surface area contributed by atoms with E-state index in [9.17, 15) is 4.79 Å². The molecule has 0 radical (unpaired) electrons. The number of benzene rings is 2. The minimum atomic E-state index is -0.499. The number of carbonyl (C=O) groups is 1. The maximum Gasteiger partial charge on any atom is 0.252 e. The van der Waals surface area contributed by atoms with Crippen LogP contribution in [0, 0.1) is 0 Å². The minimum Gasteiger partial charge on any atom is -0.340 e. The van der Waals surface area contributed by atoms with Crippen LogP contribution in [-0.4, -0.2) is 37.6 Å². The lowest BCUT2D eigenvalue weighted by Gasteiger charge is -2.23. The smallest absolute Gasteiger partial charge is 0.252 e. The van der Waals surface area contributed by atoms with Crippen LogP contribution in [0.15, 0.2) is 73.1 Å². The molecule has 4 rings (SSSR count). The Balaban J connectivity index is 1.60. The van der Waals surface area contributed by atoms with Crippen LogP contribution in [-0.2, 0) is 11.3 Å². The van der Waals surface area contributed by atoms with Crippen molar-refractivity contribution in [1.82, 2.24) is 24.6 Å². The Labute approximate surface area is 151 Å². The molecule has 4 aromatic rings. The van der Waals surface area contributed by atoms with E-state index in [-0.39, 0.29) is 5.91 Å². The Morgan fingerprint density at radius 3 is 2.62 bits per heavy atom. The van der Waals surface area contributed by atoms with Crippen LogP contribution in [0.5, 0.6) is 0 Å². The summed E-state index contributed by atoms with van der Waals surface area (Å²) in [4.78, 5) is 22.7. The third-order valence-electron chi connectivity index (χ3n) is 4.34. The molecule has 0 saturated heterocycles. The maximum absolute atomic E-state index is 13.2. The highest BCUT2D eigenvalue weighted by Gasteiger charge is 2.26. The van der Waals surface area contributed by atoms with Gasteiger partial charge < -0.3 is 9.88 Å². The number of aromatic amines is 1. The molecule has 2 aromatic carbocycles. The molecule has 2 aromatic heterocycles. The molecular weight excluding hydrogens is 326 g/mol. The van der Waals surface area contributed by atoms with Gasteiger partial charge in [-0.1, -0.05) is 42.5 Å². The molecule has 1 amide bonds. The summed E-state index contributed by atoms with van der Waals surface area (Å²) in [5, 5.41) is 4.28. The number of likely N-dealkylation sites (N-methyl/N-ethyl adjacent to an activating group) is 1. The van der Waals surface area contributed by atoms with Crippen molar-refractivity contribution in [3.63, 3.8) is 0 Å². The van der Waals surface area contributed by atoms with Gasteiger partial charge >= 0.3 is 0 Å². The van der Waals surface area contributed by atoms with Gasteiger partial charge in [-0.2, -0.15) is 5.10 Å². The maximum atomic E-state index is 13.2. The normalized spacial score (nSPS) is 12.2. The van der Waals surface area contributed by atoms with Crippen molar-refractivity contribution in [2.45, 2.75) is 12.6 Å². The van der Waals surface area contributed by atoms with E-state index in [1.54, 1.807) is 22.8 Å². The molecular formula is C20H19N5O. The van der Waals surface area contributed by atoms with Crippen molar-refractivity contribution >= 4 is 16.9 Å². The van der Waals surface area contributed by atoms with Crippen molar-refractivity contribution in [2.75, 3.05) is 7.05 Å². The van der Waals surface area contributed by atoms with E-state index in [4.69, 9.17) is 0 Å². The second-order valence-electron chi connectivity index (χ2n) is 6.19. The summed E-state index contributed by atoms with van der Waals surface area (Å²) in [6.45, 7) is 0.401. The van der Waals surface area contributed by atoms with Crippen molar-refractivity contribution in [1.29, 1.82) is 0 Å². The molecule has 1 N–H and O–H groups in total. The number of para-hydroxylation sites is 2. The van der Waals surface area contributed by atoms with Gasteiger partial charge in [-0.05, 0) is 23.8 Å². The fraction of sp³-hybridized carbons (Fsp3) is 0.150. The predicted molar refractivity (Wildman–Crippen MR) is 99.4 cm³/mol. The number of fused-ring (bicyclic) bond motifs is 1. The second kappa shape index (κ2) is 6.84. The topological polar surface area (TPSA) is 66.8 Å². The first kappa shape index (κ1) is 16.1. The molecule has 0 aliphatic rings. The second-order valence-corrected chi connectivity index (χ2v) is 6.19. The van der Waals surface area contributed by atoms with Crippen LogP contribution in [0.2, 0.25) is 0 Å². The molecule has 26 heavy (non-hydrogen) atoms. The fourth-order valence-corrected chi connectivity index (χ4v) is 3.07. The molecule has 2 heterocycles. The molecule has 0 spiro atoms. The van der Waals surface area contributed by atoms with E-state index in [1.165, 1.54) is 0 Å². The van der Waals surface area contributed by atoms with Gasteiger partial charge in [0.1, 0.15) is 5.82 Å². The molecule has 0 bridgehead atoms. The number of carbonyl (C=O) groups excluding carboxylic acids is 1. The molecule has 6 heteroatoms. The van der Waals surface area contributed by atoms with E-state index >= 15 is 0 Å². The quantitative estimate of drug-likeness (QED) is 0.605. The highest BCUT2D eigenvalue weighted by atomic mass is 16.2. The summed E-state index contributed by atoms with van der Waals surface area (Å²) in [6, 6.07) is 18.8. The van der Waals surface area contributed by atoms with Crippen LogP contribution in [0.4, 0.5) is 0 Å². The first-order valence-electron chi connectivity index (χ1n) is 8.45. The van der Waals surface area contributed by atoms with Gasteiger partial charge in [0.25, 0.3) is 5.91 Å². The Bertz CT molecular complexity index is 974. The van der Waals surface area contributed by atoms with E-state index in [0.29, 0.717) is 6.54 Å². The number of hydrogen-bond acceptors (Lipinski definition) is 3. The minimum absolute atomic E-state index is 0.0413. The van der Waals surface area contributed by atoms with Crippen LogP contribution in [0.25, 0.3) is 11.0 Å². The highest BCUT2D eigenvalue weighted by molar-refractivity contribution is 5.83. The van der Waals surface area contributed by atoms with Crippen molar-refractivity contribution in [3.05, 3.63) is 84.4 Å². The number of amides is 1. The summed E-state index contributed by atoms with van der Waals surface area (Å²) in [5.74, 6) is 0.717. The van der Waals surface area contributed by atoms with Crippen LogP contribution < -0.4 is 0 Å². The predicted octanol–water partition coefficient (Wildman–Crippen LogP) is 3.01. The molecule has 0 aliphatic heterocycles. The van der Waals surface area contributed by atoms with Gasteiger partial charge in [0, 0.05) is 19.4 Å². The standard InChI is InChI=1S/C20H19N5O/c1-24(14-18-22-16-10-5-6-11-17(16)23-18)20(26)19(25-13-7-12-21-25)15-8-3-2-4-9-15/h2-13,19H,14H2,1H3,(H,22,23). The van der Waals surface area contributed by atoms with Crippen molar-refractivity contribution in [3.8, 4) is 0 Å². The lowest BCUT2D eigenvalue weighted by molar-refractivity contribution is -0.133. The van der Waals surface area contributed by atoms with Crippen LogP contribution in [0.1, 0.15) is 17.4 Å². The Morgan fingerprint density at radius 2 is 1.88 bits per heavy atom. The highest BCUT2D eigenvalue weighted by Crippen LogP contribution is 2.21. The van der Waals surface area contributed by atoms with E-state index in [1.807, 2.05) is 66.9 Å². The zero-order valence-corrected chi connectivity index (χ0v) is 14.4. The molecule has 6 nitrogen and oxygen atoms in total. The fourth-order valence-electron chi connectivity index (χ4n) is 3.07. The largest absolute Gasteiger partial charge is 0.340 e. The van der Waals surface area contributed by atoms with Crippen LogP contribution >= 0.6 is 0 Å². The lowest BCUT2D eigenvalue weighted by atomic mass is 10.1. The number of hydrogen-bond donors (Lipinski definition) is 1. The number of rotatable bonds is 5. The van der Waals surface area contributed by atoms with Crippen LogP contribution in [0.3, 0.4) is 0 Å². The first-order chi connectivity index (χ1) is 12.7. The van der Waals surface area contributed by atoms with Gasteiger partial charge in [0.2, 0.25) is 0 Å². The van der Waals surface area contributed by atoms with Crippen molar-refractivity contribution < 1.29 is 4.79 Å². The third kappa shape index (κ3) is 3.09. The number of H-pyrrole nitrogens is 1. The van der Waals surface area contributed by atoms with Gasteiger partial charge in [-0.15, -0.1) is 0 Å². The Kier molecular flexibility index (Phi) is 4.23. The summed E-state index contributed by atoms with van der Waals surface area (Å²) in [5.41, 5.74) is 2.77. The number of aromatic nitrogens is 4. The van der Waals surface area contributed by atoms with E-state index in [0.717, 1.165) is 22.4 Å². The van der Waals surface area contributed by atoms with Gasteiger partial charge in [-0.25, -0.2) is 4.98 Å². The summed E-state index contributed by atoms with van der Waals surface area (Å²) >= 11 is 0. The molecule has 1 atom stereocenters. The van der Waals surface area contributed by atoms with Gasteiger partial charge in [0.15, 0.2) is 6.04 Å². The third-order valence-corrected chi connectivity index (χ3v) is 4.34. The average Bonchev–Trinajstić information content (AvgIpc) is 3.32. The molecule has 0 aliphatic carbocycles. The number of imidazole rings is 1. The van der Waals surface area contributed by atoms with E-state index < -0.39 is 6.04 Å². The lowest BCUT2D eigenvalue weighted by Crippen LogP contribution is -2.35. The molecule has 1 unspecified atom stereocenters. The molecule has 0 fully saturated rings. The van der Waals surface area contributed by atoms with Gasteiger partial charge in [0.05, 0.1) is 17.6 Å². The molecule has 0 saturated carbocycles. The number of nitrogens with zero attached hydrogens (tertiary/aromatic N) is 4. The number of nitrogens with one attached hydrogen (secondary N) is 1. The summed E-state index contributed by atoms with van der Waals surface area (Å²) in [6.07, 6.45) is 3.49. The summed E-state index contributed by atoms with van der Waals surface area (Å²) in [7, 11) is 1.79. The Morgan fingerprint density at radius 1 is 1.12 bits per heavy atom. The SMILES string of the molecule is CN(Cc1nc2ccccc2[nH]1)C(=O)C(c1ccccc1)n1cccn1. The van der Waals surface area contributed by atoms with Gasteiger partial charge in [-0.3, -0.25) is 9.48 Å². The van der Waals surface area contributed by atoms with Crippen molar-refractivity contribution in [2.24, 2.45) is 0 Å². The first-order valence-corrected chi connectivity index (χ1v) is 8.45. The van der Waals surface area contributed by atoms with E-state index in [2.05, 4.69) is 15.1 Å². The average molecular weight is 345 g/mol. The molecule has 130 valence electrons. The zero-order chi connectivity index (χ0) is 17.9. The Hall–Kier alpha value is -3.41. The monoisotopic (exact) mass is 345 g/mol. The summed E-state index contributed by atoms with van der Waals surface area (Å²) < 4.78 is 1.69. The zero-order valence-electron chi connectivity index (χ0n) is 14.4.